The Balaban J connectivity index is 2.56. The van der Waals surface area contributed by atoms with Gasteiger partial charge in [-0.1, -0.05) is 25.4 Å². The van der Waals surface area contributed by atoms with Crippen LogP contribution in [0, 0.1) is 0 Å². The summed E-state index contributed by atoms with van der Waals surface area (Å²) in [6.45, 7) is 4.16. The number of hydrogen-bond donors (Lipinski definition) is 0. The van der Waals surface area contributed by atoms with E-state index in [2.05, 4.69) is 55.7 Å². The number of thiophene rings is 1. The average Bonchev–Trinajstić information content (AvgIpc) is 2.68. The quantitative estimate of drug-likeness (QED) is 0.626. The van der Waals surface area contributed by atoms with E-state index in [4.69, 9.17) is 11.6 Å². The Morgan fingerprint density at radius 1 is 1.24 bits per heavy atom. The van der Waals surface area contributed by atoms with Gasteiger partial charge in [0.1, 0.15) is 5.15 Å². The van der Waals surface area contributed by atoms with Crippen LogP contribution in [0.2, 0.25) is 5.15 Å². The topological polar surface area (TPSA) is 25.8 Å². The lowest BCUT2D eigenvalue weighted by Gasteiger charge is -2.09. The zero-order valence-electron chi connectivity index (χ0n) is 9.17. The van der Waals surface area contributed by atoms with E-state index in [-0.39, 0.29) is 0 Å². The van der Waals surface area contributed by atoms with Crippen molar-refractivity contribution in [3.8, 4) is 10.7 Å². The van der Waals surface area contributed by atoms with E-state index in [1.807, 2.05) is 12.1 Å². The Morgan fingerprint density at radius 2 is 1.94 bits per heavy atom. The Morgan fingerprint density at radius 3 is 2.47 bits per heavy atom. The van der Waals surface area contributed by atoms with E-state index in [9.17, 15) is 0 Å². The Labute approximate surface area is 126 Å². The summed E-state index contributed by atoms with van der Waals surface area (Å²) in [5, 5.41) is 0.461. The summed E-state index contributed by atoms with van der Waals surface area (Å²) in [5.41, 5.74) is 0.935. The fourth-order valence-electron chi connectivity index (χ4n) is 1.36. The van der Waals surface area contributed by atoms with Gasteiger partial charge in [-0.25, -0.2) is 9.97 Å². The molecule has 0 bridgehead atoms. The van der Waals surface area contributed by atoms with Crippen LogP contribution in [-0.4, -0.2) is 9.97 Å². The number of halogens is 3. The highest BCUT2D eigenvalue weighted by atomic mass is 79.9. The molecule has 0 radical (unpaired) electrons. The van der Waals surface area contributed by atoms with Crippen molar-refractivity contribution < 1.29 is 0 Å². The predicted molar refractivity (Wildman–Crippen MR) is 79.8 cm³/mol. The molecule has 0 saturated heterocycles. The molecule has 0 aliphatic carbocycles. The van der Waals surface area contributed by atoms with Gasteiger partial charge in [-0.3, -0.25) is 0 Å². The normalized spacial score (nSPS) is 11.2. The van der Waals surface area contributed by atoms with Crippen molar-refractivity contribution >= 4 is 54.8 Å². The highest BCUT2D eigenvalue weighted by Crippen LogP contribution is 2.34. The summed E-state index contributed by atoms with van der Waals surface area (Å²) in [5.74, 6) is 0.977. The fraction of sp³-hybridized carbons (Fsp3) is 0.273. The lowest BCUT2D eigenvalue weighted by Crippen LogP contribution is -1.99. The van der Waals surface area contributed by atoms with Crippen molar-refractivity contribution in [1.82, 2.24) is 9.97 Å². The van der Waals surface area contributed by atoms with Gasteiger partial charge in [0.25, 0.3) is 0 Å². The van der Waals surface area contributed by atoms with Crippen molar-refractivity contribution in [3.05, 3.63) is 31.2 Å². The maximum atomic E-state index is 6.11. The Kier molecular flexibility index (Phi) is 4.23. The van der Waals surface area contributed by atoms with Crippen molar-refractivity contribution in [3.63, 3.8) is 0 Å². The van der Waals surface area contributed by atoms with E-state index in [0.717, 1.165) is 18.8 Å². The molecule has 2 rings (SSSR count). The molecule has 0 aliphatic rings. The summed E-state index contributed by atoms with van der Waals surface area (Å²) in [6, 6.07) is 3.97. The van der Waals surface area contributed by atoms with E-state index >= 15 is 0 Å². The van der Waals surface area contributed by atoms with Crippen LogP contribution in [0.1, 0.15) is 25.5 Å². The van der Waals surface area contributed by atoms with E-state index in [1.165, 1.54) is 0 Å². The fourth-order valence-corrected chi connectivity index (χ4v) is 3.50. The monoisotopic (exact) mass is 394 g/mol. The van der Waals surface area contributed by atoms with Gasteiger partial charge in [0.2, 0.25) is 0 Å². The minimum atomic E-state index is 0.298. The molecule has 2 aromatic rings. The second-order valence-corrected chi connectivity index (χ2v) is 7.41. The van der Waals surface area contributed by atoms with Gasteiger partial charge in [-0.2, -0.15) is 0 Å². The van der Waals surface area contributed by atoms with Crippen LogP contribution in [0.25, 0.3) is 10.7 Å². The SMILES string of the molecule is CC(C)c1nc(-c2ccc(Br)s2)nc(Cl)c1Br. The van der Waals surface area contributed by atoms with Gasteiger partial charge in [0, 0.05) is 0 Å². The first kappa shape index (κ1) is 13.5. The van der Waals surface area contributed by atoms with Crippen LogP contribution in [0.3, 0.4) is 0 Å². The second-order valence-electron chi connectivity index (χ2n) is 3.80. The van der Waals surface area contributed by atoms with Crippen LogP contribution in [0.5, 0.6) is 0 Å². The first-order chi connectivity index (χ1) is 7.99. The molecule has 0 spiro atoms. The molecule has 17 heavy (non-hydrogen) atoms. The standard InChI is InChI=1S/C11H9Br2ClN2S/c1-5(2)9-8(13)10(14)16-11(15-9)6-3-4-7(12)17-6/h3-5H,1-2H3. The lowest BCUT2D eigenvalue weighted by atomic mass is 10.1. The lowest BCUT2D eigenvalue weighted by molar-refractivity contribution is 0.810. The third-order valence-corrected chi connectivity index (χ3v) is 5.08. The molecule has 0 aromatic carbocycles. The van der Waals surface area contributed by atoms with Crippen molar-refractivity contribution in [2.75, 3.05) is 0 Å². The number of nitrogens with zero attached hydrogens (tertiary/aromatic N) is 2. The predicted octanol–water partition coefficient (Wildman–Crippen LogP) is 5.51. The van der Waals surface area contributed by atoms with E-state index in [1.54, 1.807) is 11.3 Å². The van der Waals surface area contributed by atoms with Gasteiger partial charge in [-0.15, -0.1) is 11.3 Å². The summed E-state index contributed by atoms with van der Waals surface area (Å²) >= 11 is 14.6. The minimum Gasteiger partial charge on any atom is -0.231 e. The minimum absolute atomic E-state index is 0.298. The largest absolute Gasteiger partial charge is 0.231 e. The highest BCUT2D eigenvalue weighted by Gasteiger charge is 2.15. The Bertz CT molecular complexity index is 554. The maximum absolute atomic E-state index is 6.11. The van der Waals surface area contributed by atoms with Crippen LogP contribution in [-0.2, 0) is 0 Å². The van der Waals surface area contributed by atoms with Crippen LogP contribution < -0.4 is 0 Å². The third kappa shape index (κ3) is 2.89. The molecule has 2 aromatic heterocycles. The molecule has 6 heteroatoms. The van der Waals surface area contributed by atoms with Crippen LogP contribution in [0.4, 0.5) is 0 Å². The van der Waals surface area contributed by atoms with Crippen molar-refractivity contribution in [1.29, 1.82) is 0 Å². The molecule has 0 aliphatic heterocycles. The van der Waals surface area contributed by atoms with Crippen molar-refractivity contribution in [2.24, 2.45) is 0 Å². The number of hydrogen-bond acceptors (Lipinski definition) is 3. The first-order valence-electron chi connectivity index (χ1n) is 4.97. The molecule has 0 atom stereocenters. The molecule has 2 heterocycles. The van der Waals surface area contributed by atoms with E-state index < -0.39 is 0 Å². The number of rotatable bonds is 2. The van der Waals surface area contributed by atoms with Gasteiger partial charge in [-0.05, 0) is 49.9 Å². The maximum Gasteiger partial charge on any atom is 0.171 e. The smallest absolute Gasteiger partial charge is 0.171 e. The van der Waals surface area contributed by atoms with Gasteiger partial charge in [0.15, 0.2) is 5.82 Å². The summed E-state index contributed by atoms with van der Waals surface area (Å²) in [4.78, 5) is 9.87. The van der Waals surface area contributed by atoms with Crippen LogP contribution >= 0.6 is 54.8 Å². The van der Waals surface area contributed by atoms with Crippen molar-refractivity contribution in [2.45, 2.75) is 19.8 Å². The zero-order chi connectivity index (χ0) is 12.6. The molecule has 90 valence electrons. The molecular formula is C11H9Br2ClN2S. The Hall–Kier alpha value is 0.0300. The van der Waals surface area contributed by atoms with E-state index in [0.29, 0.717) is 16.9 Å². The molecular weight excluding hydrogens is 387 g/mol. The summed E-state index contributed by atoms with van der Waals surface area (Å²) in [6.07, 6.45) is 0. The molecule has 0 N–H and O–H groups in total. The average molecular weight is 397 g/mol. The zero-order valence-corrected chi connectivity index (χ0v) is 13.9. The number of aromatic nitrogens is 2. The molecule has 0 amide bonds. The molecule has 2 nitrogen and oxygen atoms in total. The van der Waals surface area contributed by atoms with Gasteiger partial charge < -0.3 is 0 Å². The molecule has 0 fully saturated rings. The molecule has 0 unspecified atom stereocenters. The summed E-state index contributed by atoms with van der Waals surface area (Å²) in [7, 11) is 0. The first-order valence-corrected chi connectivity index (χ1v) is 7.75. The second kappa shape index (κ2) is 5.34. The highest BCUT2D eigenvalue weighted by molar-refractivity contribution is 9.11. The van der Waals surface area contributed by atoms with Crippen LogP contribution in [0.15, 0.2) is 20.4 Å². The van der Waals surface area contributed by atoms with Gasteiger partial charge >= 0.3 is 0 Å². The van der Waals surface area contributed by atoms with Gasteiger partial charge in [0.05, 0.1) is 18.8 Å². The molecule has 0 saturated carbocycles. The third-order valence-electron chi connectivity index (χ3n) is 2.18. The summed E-state index contributed by atoms with van der Waals surface area (Å²) < 4.78 is 1.84.